The molecule has 1 aliphatic heterocycles. The second kappa shape index (κ2) is 4.15. The van der Waals surface area contributed by atoms with E-state index in [0.29, 0.717) is 0 Å². The Morgan fingerprint density at radius 3 is 2.78 bits per heavy atom. The fourth-order valence-electron chi connectivity index (χ4n) is 2.90. The lowest BCUT2D eigenvalue weighted by molar-refractivity contribution is 0.383. The number of aromatic nitrogens is 1. The largest absolute Gasteiger partial charge is 0.351 e. The third-order valence-corrected chi connectivity index (χ3v) is 4.11. The lowest BCUT2D eigenvalue weighted by atomic mass is 9.74. The summed E-state index contributed by atoms with van der Waals surface area (Å²) in [7, 11) is 2.05. The maximum Gasteiger partial charge on any atom is 0.0846 e. The Balaban J connectivity index is 2.10. The van der Waals surface area contributed by atoms with E-state index in [1.807, 2.05) is 7.05 Å². The van der Waals surface area contributed by atoms with Crippen molar-refractivity contribution in [1.82, 2.24) is 9.88 Å². The van der Waals surface area contributed by atoms with E-state index < -0.39 is 0 Å². The van der Waals surface area contributed by atoms with Gasteiger partial charge in [-0.15, -0.1) is 0 Å². The van der Waals surface area contributed by atoms with Crippen LogP contribution in [0.25, 0.3) is 10.9 Å². The minimum Gasteiger partial charge on any atom is -0.351 e. The quantitative estimate of drug-likeness (QED) is 0.829. The molecule has 0 saturated carbocycles. The van der Waals surface area contributed by atoms with E-state index in [1.54, 1.807) is 0 Å². The van der Waals surface area contributed by atoms with Gasteiger partial charge in [0.2, 0.25) is 0 Å². The molecule has 3 rings (SSSR count). The first-order chi connectivity index (χ1) is 8.75. The summed E-state index contributed by atoms with van der Waals surface area (Å²) in [5.41, 5.74) is 2.10. The third-order valence-electron chi connectivity index (χ3n) is 4.11. The normalized spacial score (nSPS) is 18.7. The Morgan fingerprint density at radius 2 is 2.06 bits per heavy atom. The second-order valence-corrected chi connectivity index (χ2v) is 5.14. The molecule has 0 aliphatic carbocycles. The highest BCUT2D eigenvalue weighted by Gasteiger charge is 2.34. The molecular formula is C15H17N3. The van der Waals surface area contributed by atoms with E-state index in [1.165, 1.54) is 16.5 Å². The second-order valence-electron chi connectivity index (χ2n) is 5.14. The summed E-state index contributed by atoms with van der Waals surface area (Å²) in [6.45, 7) is 1.86. The van der Waals surface area contributed by atoms with Gasteiger partial charge in [0.15, 0.2) is 0 Å². The van der Waals surface area contributed by atoms with Crippen molar-refractivity contribution in [2.24, 2.45) is 7.05 Å². The number of nitrogens with one attached hydrogen (secondary N) is 1. The summed E-state index contributed by atoms with van der Waals surface area (Å²) in [6, 6.07) is 11.1. The first kappa shape index (κ1) is 11.3. The molecule has 18 heavy (non-hydrogen) atoms. The zero-order valence-electron chi connectivity index (χ0n) is 10.6. The molecule has 92 valence electrons. The van der Waals surface area contributed by atoms with E-state index >= 15 is 0 Å². The molecule has 1 aromatic carbocycles. The van der Waals surface area contributed by atoms with Gasteiger partial charge in [-0.1, -0.05) is 6.07 Å². The molecule has 1 N–H and O–H groups in total. The standard InChI is InChI=1S/C15H17N3/c1-18-9-4-12-10-13(2-3-14(12)18)15(11-16)5-7-17-8-6-15/h2-4,9-10,17H,5-8H2,1H3. The van der Waals surface area contributed by atoms with Gasteiger partial charge >= 0.3 is 0 Å². The topological polar surface area (TPSA) is 40.8 Å². The number of hydrogen-bond acceptors (Lipinski definition) is 2. The van der Waals surface area contributed by atoms with Gasteiger partial charge < -0.3 is 9.88 Å². The highest BCUT2D eigenvalue weighted by Crippen LogP contribution is 2.34. The van der Waals surface area contributed by atoms with Crippen LogP contribution < -0.4 is 5.32 Å². The monoisotopic (exact) mass is 239 g/mol. The number of hydrogen-bond donors (Lipinski definition) is 1. The summed E-state index contributed by atoms with van der Waals surface area (Å²) in [5, 5.41) is 14.1. The first-order valence-electron chi connectivity index (χ1n) is 6.43. The van der Waals surface area contributed by atoms with Gasteiger partial charge in [0.25, 0.3) is 0 Å². The van der Waals surface area contributed by atoms with Gasteiger partial charge in [-0.25, -0.2) is 0 Å². The summed E-state index contributed by atoms with van der Waals surface area (Å²) in [6.07, 6.45) is 3.87. The maximum absolute atomic E-state index is 9.59. The lowest BCUT2D eigenvalue weighted by Crippen LogP contribution is -2.38. The predicted octanol–water partition coefficient (Wildman–Crippen LogP) is 2.32. The summed E-state index contributed by atoms with van der Waals surface area (Å²) < 4.78 is 2.11. The van der Waals surface area contributed by atoms with Crippen molar-refractivity contribution >= 4 is 10.9 Å². The van der Waals surface area contributed by atoms with Crippen LogP contribution in [0, 0.1) is 11.3 Å². The summed E-state index contributed by atoms with van der Waals surface area (Å²) in [5.74, 6) is 0. The van der Waals surface area contributed by atoms with E-state index in [9.17, 15) is 5.26 Å². The van der Waals surface area contributed by atoms with Gasteiger partial charge in [-0.05, 0) is 55.1 Å². The highest BCUT2D eigenvalue weighted by molar-refractivity contribution is 5.81. The average Bonchev–Trinajstić information content (AvgIpc) is 2.81. The summed E-state index contributed by atoms with van der Waals surface area (Å²) >= 11 is 0. The molecule has 3 nitrogen and oxygen atoms in total. The van der Waals surface area contributed by atoms with Crippen LogP contribution in [0.4, 0.5) is 0 Å². The number of nitrogens with zero attached hydrogens (tertiary/aromatic N) is 2. The fraction of sp³-hybridized carbons (Fsp3) is 0.400. The van der Waals surface area contributed by atoms with Gasteiger partial charge in [-0.2, -0.15) is 5.26 Å². The molecular weight excluding hydrogens is 222 g/mol. The van der Waals surface area contributed by atoms with Crippen molar-refractivity contribution in [2.45, 2.75) is 18.3 Å². The molecule has 1 aliphatic rings. The predicted molar refractivity (Wildman–Crippen MR) is 72.3 cm³/mol. The molecule has 3 heteroatoms. The Bertz CT molecular complexity index is 612. The van der Waals surface area contributed by atoms with Crippen LogP contribution in [-0.2, 0) is 12.5 Å². The number of nitriles is 1. The molecule has 2 aromatic rings. The third kappa shape index (κ3) is 1.61. The molecule has 0 atom stereocenters. The van der Waals surface area contributed by atoms with Crippen molar-refractivity contribution < 1.29 is 0 Å². The molecule has 1 fully saturated rings. The van der Waals surface area contributed by atoms with Crippen molar-refractivity contribution in [2.75, 3.05) is 13.1 Å². The first-order valence-corrected chi connectivity index (χ1v) is 6.43. The van der Waals surface area contributed by atoms with Gasteiger partial charge in [-0.3, -0.25) is 0 Å². The zero-order valence-corrected chi connectivity index (χ0v) is 10.6. The molecule has 0 spiro atoms. The van der Waals surface area contributed by atoms with E-state index in [-0.39, 0.29) is 5.41 Å². The number of fused-ring (bicyclic) bond motifs is 1. The molecule has 0 radical (unpaired) electrons. The van der Waals surface area contributed by atoms with Crippen LogP contribution in [0.3, 0.4) is 0 Å². The number of rotatable bonds is 1. The van der Waals surface area contributed by atoms with Crippen LogP contribution in [-0.4, -0.2) is 17.7 Å². The molecule has 1 saturated heterocycles. The van der Waals surface area contributed by atoms with Crippen LogP contribution in [0.5, 0.6) is 0 Å². The maximum atomic E-state index is 9.59. The number of benzene rings is 1. The summed E-state index contributed by atoms with van der Waals surface area (Å²) in [4.78, 5) is 0. The molecule has 0 unspecified atom stereocenters. The van der Waals surface area contributed by atoms with Crippen molar-refractivity contribution in [1.29, 1.82) is 5.26 Å². The molecule has 2 heterocycles. The number of aryl methyl sites for hydroxylation is 1. The van der Waals surface area contributed by atoms with Crippen LogP contribution >= 0.6 is 0 Å². The van der Waals surface area contributed by atoms with Gasteiger partial charge in [0, 0.05) is 18.8 Å². The number of piperidine rings is 1. The lowest BCUT2D eigenvalue weighted by Gasteiger charge is -2.31. The zero-order chi connectivity index (χ0) is 12.6. The minimum absolute atomic E-state index is 0.296. The molecule has 0 amide bonds. The van der Waals surface area contributed by atoms with Crippen LogP contribution in [0.1, 0.15) is 18.4 Å². The fourth-order valence-corrected chi connectivity index (χ4v) is 2.90. The van der Waals surface area contributed by atoms with E-state index in [2.05, 4.69) is 46.4 Å². The average molecular weight is 239 g/mol. The Hall–Kier alpha value is -1.79. The SMILES string of the molecule is Cn1ccc2cc(C3(C#N)CCNCC3)ccc21. The minimum atomic E-state index is -0.296. The van der Waals surface area contributed by atoms with Gasteiger partial charge in [0.1, 0.15) is 0 Å². The highest BCUT2D eigenvalue weighted by atomic mass is 14.9. The van der Waals surface area contributed by atoms with E-state index in [0.717, 1.165) is 25.9 Å². The Morgan fingerprint density at radius 1 is 1.28 bits per heavy atom. The Labute approximate surface area is 107 Å². The van der Waals surface area contributed by atoms with E-state index in [4.69, 9.17) is 0 Å². The smallest absolute Gasteiger partial charge is 0.0846 e. The van der Waals surface area contributed by atoms with Crippen molar-refractivity contribution in [3.63, 3.8) is 0 Å². The van der Waals surface area contributed by atoms with Crippen molar-refractivity contribution in [3.8, 4) is 6.07 Å². The van der Waals surface area contributed by atoms with Crippen LogP contribution in [0.15, 0.2) is 30.5 Å². The van der Waals surface area contributed by atoms with Crippen LogP contribution in [0.2, 0.25) is 0 Å². The van der Waals surface area contributed by atoms with Crippen molar-refractivity contribution in [3.05, 3.63) is 36.0 Å². The molecule has 0 bridgehead atoms. The molecule has 1 aromatic heterocycles. The Kier molecular flexibility index (Phi) is 2.61. The van der Waals surface area contributed by atoms with Gasteiger partial charge in [0.05, 0.1) is 11.5 Å².